The predicted octanol–water partition coefficient (Wildman–Crippen LogP) is -0.177. The fraction of sp³-hybridized carbons (Fsp3) is 0.625. The van der Waals surface area contributed by atoms with E-state index in [9.17, 15) is 9.90 Å². The Labute approximate surface area is 69.8 Å². The van der Waals surface area contributed by atoms with Crippen LogP contribution in [0, 0.1) is 5.92 Å². The summed E-state index contributed by atoms with van der Waals surface area (Å²) in [5, 5.41) is 9.58. The largest absolute Gasteiger partial charge is 0.472 e. The molecule has 2 aliphatic rings. The second kappa shape index (κ2) is 2.88. The Balaban J connectivity index is 2.19. The first-order valence-corrected chi connectivity index (χ1v) is 3.93. The fourth-order valence-corrected chi connectivity index (χ4v) is 1.59. The molecule has 2 rings (SSSR count). The molecule has 0 saturated carbocycles. The molecule has 2 heterocycles. The van der Waals surface area contributed by atoms with Crippen molar-refractivity contribution in [3.63, 3.8) is 0 Å². The topological polar surface area (TPSA) is 55.8 Å². The molecule has 1 fully saturated rings. The molecule has 12 heavy (non-hydrogen) atoms. The van der Waals surface area contributed by atoms with Crippen LogP contribution in [0.4, 0.5) is 0 Å². The molecule has 4 nitrogen and oxygen atoms in total. The molecule has 0 amide bonds. The van der Waals surface area contributed by atoms with Gasteiger partial charge >= 0.3 is 0 Å². The van der Waals surface area contributed by atoms with Crippen LogP contribution in [0.3, 0.4) is 0 Å². The van der Waals surface area contributed by atoms with Crippen LogP contribution in [-0.4, -0.2) is 30.4 Å². The van der Waals surface area contributed by atoms with E-state index >= 15 is 0 Å². The van der Waals surface area contributed by atoms with Crippen LogP contribution in [0.5, 0.6) is 0 Å². The van der Waals surface area contributed by atoms with Gasteiger partial charge in [0.1, 0.15) is 0 Å². The van der Waals surface area contributed by atoms with Gasteiger partial charge in [-0.2, -0.15) is 0 Å². The van der Waals surface area contributed by atoms with Gasteiger partial charge in [0.25, 0.3) is 0 Å². The quantitative estimate of drug-likeness (QED) is 0.555. The molecule has 0 aromatic heterocycles. The molecular weight excluding hydrogens is 160 g/mol. The van der Waals surface area contributed by atoms with E-state index < -0.39 is 6.10 Å². The highest BCUT2D eigenvalue weighted by molar-refractivity contribution is 5.74. The maximum absolute atomic E-state index is 10.4. The van der Waals surface area contributed by atoms with Crippen molar-refractivity contribution in [2.24, 2.45) is 5.92 Å². The highest BCUT2D eigenvalue weighted by Gasteiger charge is 2.39. The molecule has 1 saturated heterocycles. The Kier molecular flexibility index (Phi) is 1.86. The second-order valence-electron chi connectivity index (χ2n) is 3.01. The second-order valence-corrected chi connectivity index (χ2v) is 3.01. The van der Waals surface area contributed by atoms with E-state index in [1.54, 1.807) is 0 Å². The van der Waals surface area contributed by atoms with Gasteiger partial charge in [-0.25, -0.2) is 0 Å². The van der Waals surface area contributed by atoms with Crippen LogP contribution in [0.15, 0.2) is 11.8 Å². The van der Waals surface area contributed by atoms with Crippen LogP contribution in [0.1, 0.15) is 6.42 Å². The highest BCUT2D eigenvalue weighted by atomic mass is 16.7. The number of carbonyl (C=O) groups excluding carboxylic acids is 1. The van der Waals surface area contributed by atoms with Gasteiger partial charge in [0, 0.05) is 0 Å². The number of ether oxygens (including phenoxy) is 2. The third-order valence-corrected chi connectivity index (χ3v) is 2.30. The summed E-state index contributed by atoms with van der Waals surface area (Å²) in [7, 11) is 0. The fourth-order valence-electron chi connectivity index (χ4n) is 1.59. The molecule has 0 aromatic rings. The minimum Gasteiger partial charge on any atom is -0.472 e. The van der Waals surface area contributed by atoms with Crippen molar-refractivity contribution < 1.29 is 19.4 Å². The third kappa shape index (κ3) is 1.04. The molecule has 3 atom stereocenters. The molecule has 66 valence electrons. The molecule has 2 aliphatic heterocycles. The first-order chi connectivity index (χ1) is 5.83. The van der Waals surface area contributed by atoms with E-state index in [4.69, 9.17) is 9.47 Å². The number of hydrogen-bond donors (Lipinski definition) is 1. The lowest BCUT2D eigenvalue weighted by atomic mass is 9.93. The molecule has 0 bridgehead atoms. The van der Waals surface area contributed by atoms with Gasteiger partial charge in [-0.15, -0.1) is 0 Å². The summed E-state index contributed by atoms with van der Waals surface area (Å²) in [6, 6.07) is 0. The van der Waals surface area contributed by atoms with Crippen molar-refractivity contribution in [3.05, 3.63) is 11.8 Å². The van der Waals surface area contributed by atoms with E-state index in [0.29, 0.717) is 18.5 Å². The lowest BCUT2D eigenvalue weighted by molar-refractivity contribution is -0.126. The summed E-state index contributed by atoms with van der Waals surface area (Å²) < 4.78 is 10.3. The van der Waals surface area contributed by atoms with Crippen LogP contribution in [0.2, 0.25) is 0 Å². The summed E-state index contributed by atoms with van der Waals surface area (Å²) in [6.07, 6.45) is 1.58. The Bertz CT molecular complexity index is 223. The van der Waals surface area contributed by atoms with Gasteiger partial charge in [-0.05, 0) is 6.42 Å². The maximum Gasteiger partial charge on any atom is 0.204 e. The number of aliphatic hydroxyl groups excluding tert-OH is 1. The van der Waals surface area contributed by atoms with E-state index in [1.807, 2.05) is 0 Å². The van der Waals surface area contributed by atoms with E-state index in [0.717, 1.165) is 6.42 Å². The zero-order valence-electron chi connectivity index (χ0n) is 6.47. The minimum absolute atomic E-state index is 0.0739. The molecule has 0 radical (unpaired) electrons. The van der Waals surface area contributed by atoms with E-state index in [-0.39, 0.29) is 12.2 Å². The molecule has 0 aliphatic carbocycles. The third-order valence-electron chi connectivity index (χ3n) is 2.30. The number of rotatable bonds is 1. The Hall–Kier alpha value is -0.870. The first kappa shape index (κ1) is 7.76. The van der Waals surface area contributed by atoms with Crippen molar-refractivity contribution in [1.82, 2.24) is 0 Å². The van der Waals surface area contributed by atoms with Crippen LogP contribution in [-0.2, 0) is 14.3 Å². The molecule has 4 heteroatoms. The average Bonchev–Trinajstić information content (AvgIpc) is 2.53. The van der Waals surface area contributed by atoms with Crippen molar-refractivity contribution in [1.29, 1.82) is 0 Å². The Morgan fingerprint density at radius 1 is 1.67 bits per heavy atom. The van der Waals surface area contributed by atoms with Crippen LogP contribution in [0.25, 0.3) is 0 Å². The normalized spacial score (nSPS) is 39.8. The lowest BCUT2D eigenvalue weighted by Crippen LogP contribution is -2.35. The van der Waals surface area contributed by atoms with Crippen molar-refractivity contribution >= 4 is 6.29 Å². The molecule has 0 spiro atoms. The first-order valence-electron chi connectivity index (χ1n) is 3.93. The smallest absolute Gasteiger partial charge is 0.204 e. The summed E-state index contributed by atoms with van der Waals surface area (Å²) in [4.78, 5) is 10.4. The SMILES string of the molecule is O=CC1=COC2OCCC2C1O. The minimum atomic E-state index is -0.719. The standard InChI is InChI=1S/C8H10O4/c9-3-5-4-12-8-6(7(5)10)1-2-11-8/h3-4,6-8,10H,1-2H2. The monoisotopic (exact) mass is 170 g/mol. The van der Waals surface area contributed by atoms with Gasteiger partial charge in [0.2, 0.25) is 6.29 Å². The summed E-state index contributed by atoms with van der Waals surface area (Å²) >= 11 is 0. The van der Waals surface area contributed by atoms with Gasteiger partial charge in [-0.1, -0.05) is 0 Å². The van der Waals surface area contributed by atoms with Gasteiger partial charge in [0.15, 0.2) is 6.29 Å². The zero-order valence-corrected chi connectivity index (χ0v) is 6.47. The maximum atomic E-state index is 10.4. The van der Waals surface area contributed by atoms with Gasteiger partial charge < -0.3 is 14.6 Å². The Morgan fingerprint density at radius 2 is 2.50 bits per heavy atom. The number of hydrogen-bond acceptors (Lipinski definition) is 4. The van der Waals surface area contributed by atoms with Crippen LogP contribution >= 0.6 is 0 Å². The lowest BCUT2D eigenvalue weighted by Gasteiger charge is -2.27. The summed E-state index contributed by atoms with van der Waals surface area (Å²) in [5.41, 5.74) is 0.307. The molecule has 3 unspecified atom stereocenters. The number of fused-ring (bicyclic) bond motifs is 1. The van der Waals surface area contributed by atoms with Gasteiger partial charge in [0.05, 0.1) is 30.5 Å². The van der Waals surface area contributed by atoms with Crippen LogP contribution < -0.4 is 0 Å². The van der Waals surface area contributed by atoms with Crippen molar-refractivity contribution in [2.75, 3.05) is 6.61 Å². The molecule has 0 aromatic carbocycles. The Morgan fingerprint density at radius 3 is 3.25 bits per heavy atom. The number of carbonyl (C=O) groups is 1. The zero-order chi connectivity index (χ0) is 8.55. The van der Waals surface area contributed by atoms with E-state index in [1.165, 1.54) is 6.26 Å². The predicted molar refractivity (Wildman–Crippen MR) is 39.1 cm³/mol. The van der Waals surface area contributed by atoms with E-state index in [2.05, 4.69) is 0 Å². The number of aldehydes is 1. The molecular formula is C8H10O4. The summed E-state index contributed by atoms with van der Waals surface area (Å²) in [5.74, 6) is -0.0739. The van der Waals surface area contributed by atoms with Crippen molar-refractivity contribution in [3.8, 4) is 0 Å². The summed E-state index contributed by atoms with van der Waals surface area (Å²) in [6.45, 7) is 0.590. The van der Waals surface area contributed by atoms with Gasteiger partial charge in [-0.3, -0.25) is 4.79 Å². The van der Waals surface area contributed by atoms with Crippen molar-refractivity contribution in [2.45, 2.75) is 18.8 Å². The average molecular weight is 170 g/mol. The highest BCUT2D eigenvalue weighted by Crippen LogP contribution is 2.31. The number of aliphatic hydroxyl groups is 1. The molecule has 1 N–H and O–H groups in total.